The van der Waals surface area contributed by atoms with Gasteiger partial charge in [0.25, 0.3) is 0 Å². The molecule has 0 bridgehead atoms. The average molecular weight is 266 g/mol. The highest BCUT2D eigenvalue weighted by atomic mass is 16.5. The smallest absolute Gasteiger partial charge is 0.145 e. The Bertz CT molecular complexity index is 669. The van der Waals surface area contributed by atoms with E-state index in [9.17, 15) is 0 Å². The normalized spacial score (nSPS) is 10.3. The van der Waals surface area contributed by atoms with Crippen LogP contribution in [0.3, 0.4) is 0 Å². The van der Waals surface area contributed by atoms with Crippen molar-refractivity contribution in [1.82, 2.24) is 0 Å². The average Bonchev–Trinajstić information content (AvgIpc) is 2.43. The molecule has 0 spiro atoms. The molecular weight excluding hydrogens is 248 g/mol. The maximum absolute atomic E-state index is 9.12. The van der Waals surface area contributed by atoms with Crippen LogP contribution in [0, 0.1) is 18.3 Å². The molecule has 0 unspecified atom stereocenters. The van der Waals surface area contributed by atoms with Crippen LogP contribution in [0.25, 0.3) is 0 Å². The maximum atomic E-state index is 9.12. The van der Waals surface area contributed by atoms with E-state index in [0.717, 1.165) is 22.6 Å². The summed E-state index contributed by atoms with van der Waals surface area (Å²) < 4.78 is 5.95. The molecule has 0 aliphatic heterocycles. The van der Waals surface area contributed by atoms with Gasteiger partial charge in [-0.3, -0.25) is 0 Å². The summed E-state index contributed by atoms with van der Waals surface area (Å²) in [6.45, 7) is 6.13. The van der Waals surface area contributed by atoms with Gasteiger partial charge < -0.3 is 10.5 Å². The second kappa shape index (κ2) is 5.66. The van der Waals surface area contributed by atoms with Gasteiger partial charge in [0.2, 0.25) is 0 Å². The molecule has 0 atom stereocenters. The Morgan fingerprint density at radius 2 is 1.85 bits per heavy atom. The Balaban J connectivity index is 2.48. The quantitative estimate of drug-likeness (QED) is 0.839. The predicted molar refractivity (Wildman–Crippen MR) is 80.9 cm³/mol. The molecule has 0 fully saturated rings. The third kappa shape index (κ3) is 2.75. The Kier molecular flexibility index (Phi) is 3.95. The van der Waals surface area contributed by atoms with E-state index in [4.69, 9.17) is 15.7 Å². The first-order valence-electron chi connectivity index (χ1n) is 6.60. The van der Waals surface area contributed by atoms with Crippen LogP contribution in [-0.2, 0) is 0 Å². The molecule has 102 valence electrons. The van der Waals surface area contributed by atoms with E-state index in [1.165, 1.54) is 0 Å². The minimum Gasteiger partial charge on any atom is -0.456 e. The molecule has 0 radical (unpaired) electrons. The highest BCUT2D eigenvalue weighted by Gasteiger charge is 2.13. The molecule has 0 saturated carbocycles. The number of ether oxygens (including phenoxy) is 1. The van der Waals surface area contributed by atoms with Crippen molar-refractivity contribution in [1.29, 1.82) is 5.26 Å². The summed E-state index contributed by atoms with van der Waals surface area (Å²) in [5, 5.41) is 9.12. The summed E-state index contributed by atoms with van der Waals surface area (Å²) in [4.78, 5) is 0. The van der Waals surface area contributed by atoms with Gasteiger partial charge in [0.15, 0.2) is 0 Å². The molecule has 20 heavy (non-hydrogen) atoms. The summed E-state index contributed by atoms with van der Waals surface area (Å²) in [7, 11) is 0. The largest absolute Gasteiger partial charge is 0.456 e. The third-order valence-electron chi connectivity index (χ3n) is 3.25. The second-order valence-corrected chi connectivity index (χ2v) is 5.11. The summed E-state index contributed by atoms with van der Waals surface area (Å²) in [5.74, 6) is 1.62. The van der Waals surface area contributed by atoms with Crippen LogP contribution in [0.5, 0.6) is 11.5 Å². The van der Waals surface area contributed by atoms with Gasteiger partial charge >= 0.3 is 0 Å². The predicted octanol–water partition coefficient (Wildman–Crippen LogP) is 4.36. The number of nitrogens with zero attached hydrogens (tertiary/aromatic N) is 1. The standard InChI is InChI=1S/C17H18N2O/c1-11(2)14-9-15(19)12(3)8-17(14)20-16-7-5-4-6-13(16)10-18/h4-9,11H,19H2,1-3H3. The fraction of sp³-hybridized carbons (Fsp3) is 0.235. The monoisotopic (exact) mass is 266 g/mol. The molecule has 3 nitrogen and oxygen atoms in total. The van der Waals surface area contributed by atoms with Gasteiger partial charge in [-0.2, -0.15) is 5.26 Å². The van der Waals surface area contributed by atoms with Gasteiger partial charge in [0.1, 0.15) is 17.6 Å². The van der Waals surface area contributed by atoms with E-state index in [1.807, 2.05) is 31.2 Å². The van der Waals surface area contributed by atoms with Crippen molar-refractivity contribution in [3.8, 4) is 17.6 Å². The molecule has 2 N–H and O–H groups in total. The lowest BCUT2D eigenvalue weighted by atomic mass is 9.99. The van der Waals surface area contributed by atoms with Crippen molar-refractivity contribution in [2.45, 2.75) is 26.7 Å². The van der Waals surface area contributed by atoms with Crippen LogP contribution in [0.1, 0.15) is 36.5 Å². The Labute approximate surface area is 119 Å². The first-order valence-corrected chi connectivity index (χ1v) is 6.60. The van der Waals surface area contributed by atoms with Crippen molar-refractivity contribution in [3.05, 3.63) is 53.1 Å². The van der Waals surface area contributed by atoms with Gasteiger partial charge in [0, 0.05) is 5.69 Å². The zero-order valence-corrected chi connectivity index (χ0v) is 12.0. The number of rotatable bonds is 3. The molecule has 0 aliphatic rings. The Morgan fingerprint density at radius 3 is 2.50 bits per heavy atom. The molecule has 2 rings (SSSR count). The van der Waals surface area contributed by atoms with E-state index in [-0.39, 0.29) is 0 Å². The van der Waals surface area contributed by atoms with Crippen molar-refractivity contribution in [2.75, 3.05) is 5.73 Å². The topological polar surface area (TPSA) is 59.0 Å². The zero-order valence-electron chi connectivity index (χ0n) is 12.0. The van der Waals surface area contributed by atoms with Crippen molar-refractivity contribution < 1.29 is 4.74 Å². The number of hydrogen-bond donors (Lipinski definition) is 1. The molecule has 0 aromatic heterocycles. The number of hydrogen-bond acceptors (Lipinski definition) is 3. The lowest BCUT2D eigenvalue weighted by Gasteiger charge is -2.16. The molecule has 0 aliphatic carbocycles. The second-order valence-electron chi connectivity index (χ2n) is 5.11. The highest BCUT2D eigenvalue weighted by molar-refractivity contribution is 5.56. The first-order chi connectivity index (χ1) is 9.52. The fourth-order valence-electron chi connectivity index (χ4n) is 2.02. The van der Waals surface area contributed by atoms with E-state index < -0.39 is 0 Å². The van der Waals surface area contributed by atoms with Gasteiger partial charge in [-0.1, -0.05) is 26.0 Å². The van der Waals surface area contributed by atoms with Crippen molar-refractivity contribution >= 4 is 5.69 Å². The van der Waals surface area contributed by atoms with Crippen LogP contribution in [0.2, 0.25) is 0 Å². The fourth-order valence-corrected chi connectivity index (χ4v) is 2.02. The number of nitriles is 1. The zero-order chi connectivity index (χ0) is 14.7. The summed E-state index contributed by atoms with van der Waals surface area (Å²) in [5.41, 5.74) is 9.27. The van der Waals surface area contributed by atoms with E-state index in [2.05, 4.69) is 19.9 Å². The Morgan fingerprint density at radius 1 is 1.15 bits per heavy atom. The summed E-state index contributed by atoms with van der Waals surface area (Å²) in [6.07, 6.45) is 0. The maximum Gasteiger partial charge on any atom is 0.145 e. The molecule has 2 aromatic rings. The number of para-hydroxylation sites is 1. The van der Waals surface area contributed by atoms with Crippen LogP contribution in [0.4, 0.5) is 5.69 Å². The van der Waals surface area contributed by atoms with Crippen LogP contribution >= 0.6 is 0 Å². The lowest BCUT2D eigenvalue weighted by molar-refractivity contribution is 0.471. The molecule has 2 aromatic carbocycles. The SMILES string of the molecule is Cc1cc(Oc2ccccc2C#N)c(C(C)C)cc1N. The molecular formula is C17H18N2O. The van der Waals surface area contributed by atoms with Gasteiger partial charge in [0.05, 0.1) is 5.56 Å². The van der Waals surface area contributed by atoms with Gasteiger partial charge in [-0.05, 0) is 48.2 Å². The summed E-state index contributed by atoms with van der Waals surface area (Å²) in [6, 6.07) is 13.2. The molecule has 3 heteroatoms. The van der Waals surface area contributed by atoms with Crippen LogP contribution in [0.15, 0.2) is 36.4 Å². The van der Waals surface area contributed by atoms with Gasteiger partial charge in [-0.25, -0.2) is 0 Å². The van der Waals surface area contributed by atoms with Crippen molar-refractivity contribution in [3.63, 3.8) is 0 Å². The third-order valence-corrected chi connectivity index (χ3v) is 3.25. The lowest BCUT2D eigenvalue weighted by Crippen LogP contribution is -1.99. The van der Waals surface area contributed by atoms with E-state index in [1.54, 1.807) is 12.1 Å². The van der Waals surface area contributed by atoms with Crippen LogP contribution in [-0.4, -0.2) is 0 Å². The first kappa shape index (κ1) is 14.0. The minimum atomic E-state index is 0.294. The highest BCUT2D eigenvalue weighted by Crippen LogP contribution is 2.35. The number of nitrogen functional groups attached to an aromatic ring is 1. The number of nitrogens with two attached hydrogens (primary N) is 1. The molecule has 0 heterocycles. The summed E-state index contributed by atoms with van der Waals surface area (Å²) >= 11 is 0. The number of aryl methyl sites for hydroxylation is 1. The van der Waals surface area contributed by atoms with E-state index in [0.29, 0.717) is 17.2 Å². The van der Waals surface area contributed by atoms with Crippen molar-refractivity contribution in [2.24, 2.45) is 0 Å². The number of benzene rings is 2. The van der Waals surface area contributed by atoms with Crippen LogP contribution < -0.4 is 10.5 Å². The Hall–Kier alpha value is -2.47. The molecule has 0 amide bonds. The van der Waals surface area contributed by atoms with E-state index >= 15 is 0 Å². The van der Waals surface area contributed by atoms with Gasteiger partial charge in [-0.15, -0.1) is 0 Å². The molecule has 0 saturated heterocycles. The minimum absolute atomic E-state index is 0.294. The number of anilines is 1.